The topological polar surface area (TPSA) is 78.8 Å². The molecule has 0 bridgehead atoms. The van der Waals surface area contributed by atoms with Gasteiger partial charge in [-0.3, -0.25) is 4.68 Å². The first-order valence-electron chi connectivity index (χ1n) is 4.84. The van der Waals surface area contributed by atoms with Crippen molar-refractivity contribution in [1.82, 2.24) is 19.7 Å². The normalized spacial score (nSPS) is 10.4. The molecular weight excluding hydrogens is 206 g/mol. The maximum atomic E-state index is 5.63. The number of hydrogen-bond donors (Lipinski definition) is 1. The van der Waals surface area contributed by atoms with Crippen molar-refractivity contribution >= 4 is 5.95 Å². The average Bonchev–Trinajstić information content (AvgIpc) is 2.45. The fourth-order valence-electron chi connectivity index (χ4n) is 1.42. The fraction of sp³-hybridized carbons (Fsp3) is 0.300. The van der Waals surface area contributed by atoms with Gasteiger partial charge in [0.15, 0.2) is 5.75 Å². The Bertz CT molecular complexity index is 520. The summed E-state index contributed by atoms with van der Waals surface area (Å²) >= 11 is 0. The van der Waals surface area contributed by atoms with Crippen LogP contribution in [0.25, 0.3) is 0 Å². The van der Waals surface area contributed by atoms with Gasteiger partial charge >= 0.3 is 0 Å². The van der Waals surface area contributed by atoms with Crippen molar-refractivity contribution in [1.29, 1.82) is 0 Å². The van der Waals surface area contributed by atoms with Gasteiger partial charge in [0, 0.05) is 19.3 Å². The van der Waals surface area contributed by atoms with Gasteiger partial charge in [-0.2, -0.15) is 10.1 Å². The van der Waals surface area contributed by atoms with Crippen molar-refractivity contribution in [2.45, 2.75) is 13.8 Å². The van der Waals surface area contributed by atoms with Gasteiger partial charge in [-0.15, -0.1) is 0 Å². The number of aromatic nitrogens is 4. The van der Waals surface area contributed by atoms with E-state index in [1.807, 2.05) is 20.9 Å². The van der Waals surface area contributed by atoms with Crippen LogP contribution in [0.15, 0.2) is 12.3 Å². The number of anilines is 1. The predicted octanol–water partition coefficient (Wildman–Crippen LogP) is 1.20. The van der Waals surface area contributed by atoms with Crippen LogP contribution in [-0.4, -0.2) is 19.7 Å². The molecule has 0 atom stereocenters. The van der Waals surface area contributed by atoms with Crippen LogP contribution in [0.4, 0.5) is 5.95 Å². The van der Waals surface area contributed by atoms with E-state index in [1.54, 1.807) is 16.9 Å². The van der Waals surface area contributed by atoms with Crippen LogP contribution in [0.1, 0.15) is 11.4 Å². The molecule has 0 saturated carbocycles. The number of nitrogens with two attached hydrogens (primary N) is 1. The van der Waals surface area contributed by atoms with Crippen molar-refractivity contribution in [3.8, 4) is 11.6 Å². The molecule has 6 heteroatoms. The van der Waals surface area contributed by atoms with E-state index in [0.29, 0.717) is 11.6 Å². The Morgan fingerprint density at radius 2 is 2.12 bits per heavy atom. The summed E-state index contributed by atoms with van der Waals surface area (Å²) in [5.74, 6) is 1.32. The summed E-state index contributed by atoms with van der Waals surface area (Å²) in [7, 11) is 1.86. The van der Waals surface area contributed by atoms with Gasteiger partial charge < -0.3 is 10.5 Å². The van der Waals surface area contributed by atoms with Crippen LogP contribution in [0.3, 0.4) is 0 Å². The summed E-state index contributed by atoms with van der Waals surface area (Å²) < 4.78 is 7.39. The Kier molecular flexibility index (Phi) is 2.47. The molecule has 0 radical (unpaired) electrons. The predicted molar refractivity (Wildman–Crippen MR) is 59.2 cm³/mol. The van der Waals surface area contributed by atoms with Crippen LogP contribution in [0, 0.1) is 13.8 Å². The molecule has 0 fully saturated rings. The van der Waals surface area contributed by atoms with Crippen molar-refractivity contribution in [3.63, 3.8) is 0 Å². The molecule has 6 nitrogen and oxygen atoms in total. The number of hydrogen-bond acceptors (Lipinski definition) is 5. The van der Waals surface area contributed by atoms with Crippen LogP contribution in [-0.2, 0) is 7.05 Å². The third-order valence-electron chi connectivity index (χ3n) is 2.30. The van der Waals surface area contributed by atoms with E-state index in [2.05, 4.69) is 15.1 Å². The standard InChI is InChI=1S/C10H13N5O/c1-6-9(7(2)15(3)14-6)16-8-4-5-12-10(11)13-8/h4-5H,1-3H3,(H2,11,12,13). The van der Waals surface area contributed by atoms with E-state index in [-0.39, 0.29) is 5.95 Å². The minimum absolute atomic E-state index is 0.191. The Labute approximate surface area is 93.1 Å². The molecular formula is C10H13N5O. The quantitative estimate of drug-likeness (QED) is 0.821. The van der Waals surface area contributed by atoms with E-state index >= 15 is 0 Å². The molecule has 0 aliphatic heterocycles. The minimum Gasteiger partial charge on any atom is -0.435 e. The molecule has 0 aromatic carbocycles. The Morgan fingerprint density at radius 1 is 1.38 bits per heavy atom. The summed E-state index contributed by atoms with van der Waals surface area (Å²) in [4.78, 5) is 7.76. The van der Waals surface area contributed by atoms with E-state index in [1.165, 1.54) is 0 Å². The molecule has 84 valence electrons. The third-order valence-corrected chi connectivity index (χ3v) is 2.30. The Morgan fingerprint density at radius 3 is 2.69 bits per heavy atom. The van der Waals surface area contributed by atoms with Crippen molar-refractivity contribution < 1.29 is 4.74 Å². The number of aryl methyl sites for hydroxylation is 2. The average molecular weight is 219 g/mol. The first-order chi connectivity index (χ1) is 7.58. The molecule has 2 heterocycles. The first kappa shape index (κ1) is 10.4. The van der Waals surface area contributed by atoms with Gasteiger partial charge in [0.2, 0.25) is 11.8 Å². The molecule has 2 aromatic rings. The lowest BCUT2D eigenvalue weighted by atomic mass is 10.3. The van der Waals surface area contributed by atoms with E-state index in [9.17, 15) is 0 Å². The largest absolute Gasteiger partial charge is 0.435 e. The molecule has 16 heavy (non-hydrogen) atoms. The van der Waals surface area contributed by atoms with Gasteiger partial charge in [0.25, 0.3) is 0 Å². The molecule has 0 spiro atoms. The monoisotopic (exact) mass is 219 g/mol. The maximum absolute atomic E-state index is 5.63. The minimum atomic E-state index is 0.191. The molecule has 2 rings (SSSR count). The SMILES string of the molecule is Cc1nn(C)c(C)c1Oc1ccnc(N)n1. The highest BCUT2D eigenvalue weighted by molar-refractivity contribution is 5.35. The molecule has 0 unspecified atom stereocenters. The lowest BCUT2D eigenvalue weighted by Crippen LogP contribution is -1.97. The second-order valence-corrected chi connectivity index (χ2v) is 3.48. The zero-order valence-corrected chi connectivity index (χ0v) is 9.43. The third kappa shape index (κ3) is 1.81. The van der Waals surface area contributed by atoms with Gasteiger partial charge in [-0.05, 0) is 13.8 Å². The van der Waals surface area contributed by atoms with Crippen molar-refractivity contribution in [2.75, 3.05) is 5.73 Å². The summed E-state index contributed by atoms with van der Waals surface area (Å²) in [6.07, 6.45) is 1.55. The van der Waals surface area contributed by atoms with Gasteiger partial charge in [-0.1, -0.05) is 0 Å². The van der Waals surface area contributed by atoms with Crippen molar-refractivity contribution in [3.05, 3.63) is 23.7 Å². The fourth-order valence-corrected chi connectivity index (χ4v) is 1.42. The van der Waals surface area contributed by atoms with E-state index in [4.69, 9.17) is 10.5 Å². The summed E-state index contributed by atoms with van der Waals surface area (Å²) in [6, 6.07) is 1.66. The molecule has 2 aromatic heterocycles. The molecule has 0 amide bonds. The summed E-state index contributed by atoms with van der Waals surface area (Å²) in [5, 5.41) is 4.25. The highest BCUT2D eigenvalue weighted by Gasteiger charge is 2.12. The number of ether oxygens (including phenoxy) is 1. The molecule has 0 saturated heterocycles. The van der Waals surface area contributed by atoms with Gasteiger partial charge in [-0.25, -0.2) is 4.98 Å². The maximum Gasteiger partial charge on any atom is 0.224 e. The van der Waals surface area contributed by atoms with Crippen LogP contribution in [0.5, 0.6) is 11.6 Å². The number of rotatable bonds is 2. The molecule has 0 aliphatic rings. The highest BCUT2D eigenvalue weighted by Crippen LogP contribution is 2.26. The molecule has 2 N–H and O–H groups in total. The van der Waals surface area contributed by atoms with Crippen LogP contribution in [0.2, 0.25) is 0 Å². The zero-order chi connectivity index (χ0) is 11.7. The Hall–Kier alpha value is -2.11. The van der Waals surface area contributed by atoms with Crippen LogP contribution >= 0.6 is 0 Å². The second-order valence-electron chi connectivity index (χ2n) is 3.48. The summed E-state index contributed by atoms with van der Waals surface area (Å²) in [5.41, 5.74) is 7.23. The summed E-state index contributed by atoms with van der Waals surface area (Å²) in [6.45, 7) is 3.81. The van der Waals surface area contributed by atoms with E-state index < -0.39 is 0 Å². The lowest BCUT2D eigenvalue weighted by molar-refractivity contribution is 0.455. The Balaban J connectivity index is 2.34. The van der Waals surface area contributed by atoms with Gasteiger partial charge in [0.05, 0.1) is 5.69 Å². The van der Waals surface area contributed by atoms with Gasteiger partial charge in [0.1, 0.15) is 5.69 Å². The van der Waals surface area contributed by atoms with E-state index in [0.717, 1.165) is 11.4 Å². The van der Waals surface area contributed by atoms with Crippen molar-refractivity contribution in [2.24, 2.45) is 7.05 Å². The zero-order valence-electron chi connectivity index (χ0n) is 9.43. The smallest absolute Gasteiger partial charge is 0.224 e. The number of nitrogens with zero attached hydrogens (tertiary/aromatic N) is 4. The van der Waals surface area contributed by atoms with Crippen LogP contribution < -0.4 is 10.5 Å². The lowest BCUT2D eigenvalue weighted by Gasteiger charge is -2.04. The molecule has 0 aliphatic carbocycles. The second kappa shape index (κ2) is 3.80. The highest BCUT2D eigenvalue weighted by atomic mass is 16.5. The first-order valence-corrected chi connectivity index (χ1v) is 4.84. The number of nitrogen functional groups attached to an aromatic ring is 1.